The summed E-state index contributed by atoms with van der Waals surface area (Å²) in [5, 5.41) is 0. The highest BCUT2D eigenvalue weighted by Crippen LogP contribution is 2.11. The summed E-state index contributed by atoms with van der Waals surface area (Å²) in [6.07, 6.45) is 11.6. The van der Waals surface area contributed by atoms with Gasteiger partial charge in [-0.05, 0) is 24.7 Å². The van der Waals surface area contributed by atoms with Gasteiger partial charge in [0.1, 0.15) is 0 Å². The van der Waals surface area contributed by atoms with Crippen molar-refractivity contribution >= 4 is 5.97 Å². The molecule has 0 aromatic rings. The van der Waals surface area contributed by atoms with Crippen molar-refractivity contribution in [2.45, 2.75) is 91.9 Å². The summed E-state index contributed by atoms with van der Waals surface area (Å²) in [5.41, 5.74) is 0. The summed E-state index contributed by atoms with van der Waals surface area (Å²) in [6.45, 7) is 9.57. The number of hydrogen-bond acceptors (Lipinski definition) is 2. The minimum Gasteiger partial charge on any atom is -0.466 e. The molecule has 0 unspecified atom stereocenters. The van der Waals surface area contributed by atoms with Gasteiger partial charge in [-0.3, -0.25) is 4.79 Å². The van der Waals surface area contributed by atoms with Crippen LogP contribution in [0.2, 0.25) is 0 Å². The van der Waals surface area contributed by atoms with Crippen molar-refractivity contribution in [2.75, 3.05) is 6.61 Å². The van der Waals surface area contributed by atoms with Crippen LogP contribution in [0.4, 0.5) is 0 Å². The molecule has 0 bridgehead atoms. The van der Waals surface area contributed by atoms with Crippen LogP contribution in [0.5, 0.6) is 0 Å². The van der Waals surface area contributed by atoms with Gasteiger partial charge in [-0.1, -0.05) is 72.6 Å². The predicted octanol–water partition coefficient (Wildman–Crippen LogP) is 5.74. The lowest BCUT2D eigenvalue weighted by Gasteiger charge is -2.06. The Labute approximate surface area is 126 Å². The summed E-state index contributed by atoms with van der Waals surface area (Å²) in [7, 11) is 0. The van der Waals surface area contributed by atoms with Crippen molar-refractivity contribution in [1.82, 2.24) is 0 Å². The molecular formula is C18H36O2. The molecule has 0 saturated carbocycles. The lowest BCUT2D eigenvalue weighted by Crippen LogP contribution is -2.06. The van der Waals surface area contributed by atoms with Gasteiger partial charge in [-0.15, -0.1) is 0 Å². The van der Waals surface area contributed by atoms with Crippen LogP contribution in [-0.4, -0.2) is 12.6 Å². The minimum atomic E-state index is -0.0115. The first-order valence-corrected chi connectivity index (χ1v) is 8.68. The Morgan fingerprint density at radius 2 is 1.25 bits per heavy atom. The van der Waals surface area contributed by atoms with Crippen LogP contribution in [0.3, 0.4) is 0 Å². The fourth-order valence-corrected chi connectivity index (χ4v) is 2.27. The van der Waals surface area contributed by atoms with E-state index >= 15 is 0 Å². The second-order valence-corrected chi connectivity index (χ2v) is 6.81. The molecule has 0 atom stereocenters. The van der Waals surface area contributed by atoms with Crippen LogP contribution in [0.1, 0.15) is 91.9 Å². The summed E-state index contributed by atoms with van der Waals surface area (Å²) >= 11 is 0. The molecule has 0 fully saturated rings. The molecule has 0 saturated heterocycles. The average molecular weight is 284 g/mol. The van der Waals surface area contributed by atoms with E-state index in [0.29, 0.717) is 18.9 Å². The molecule has 0 heterocycles. The Kier molecular flexibility index (Phi) is 13.1. The van der Waals surface area contributed by atoms with Gasteiger partial charge in [0.15, 0.2) is 0 Å². The van der Waals surface area contributed by atoms with Gasteiger partial charge in [0, 0.05) is 6.42 Å². The van der Waals surface area contributed by atoms with Crippen LogP contribution < -0.4 is 0 Å². The van der Waals surface area contributed by atoms with Crippen LogP contribution in [0.25, 0.3) is 0 Å². The Balaban J connectivity index is 3.17. The van der Waals surface area contributed by atoms with Crippen molar-refractivity contribution in [3.8, 4) is 0 Å². The zero-order chi connectivity index (χ0) is 15.2. The van der Waals surface area contributed by atoms with E-state index in [0.717, 1.165) is 25.2 Å². The van der Waals surface area contributed by atoms with Crippen molar-refractivity contribution in [1.29, 1.82) is 0 Å². The monoisotopic (exact) mass is 284 g/mol. The molecule has 0 spiro atoms. The van der Waals surface area contributed by atoms with Crippen molar-refractivity contribution in [2.24, 2.45) is 11.8 Å². The molecule has 0 aliphatic heterocycles. The molecule has 0 aromatic heterocycles. The van der Waals surface area contributed by atoms with E-state index in [1.807, 2.05) is 0 Å². The number of esters is 1. The standard InChI is InChI=1S/C18H36O2/c1-16(2)12-9-7-5-6-8-10-15-20-18(19)14-11-13-17(3)4/h16-17H,5-15H2,1-4H3. The quantitative estimate of drug-likeness (QED) is 0.318. The van der Waals surface area contributed by atoms with Crippen LogP contribution in [-0.2, 0) is 9.53 Å². The number of carbonyl (C=O) groups is 1. The van der Waals surface area contributed by atoms with Gasteiger partial charge in [-0.2, -0.15) is 0 Å². The first-order valence-electron chi connectivity index (χ1n) is 8.68. The van der Waals surface area contributed by atoms with E-state index in [1.54, 1.807) is 0 Å². The smallest absolute Gasteiger partial charge is 0.305 e. The summed E-state index contributed by atoms with van der Waals surface area (Å²) < 4.78 is 5.24. The topological polar surface area (TPSA) is 26.3 Å². The molecule has 0 aliphatic carbocycles. The highest BCUT2D eigenvalue weighted by atomic mass is 16.5. The molecule has 2 heteroatoms. The molecular weight excluding hydrogens is 248 g/mol. The van der Waals surface area contributed by atoms with Crippen molar-refractivity contribution in [3.63, 3.8) is 0 Å². The molecule has 20 heavy (non-hydrogen) atoms. The maximum Gasteiger partial charge on any atom is 0.305 e. The molecule has 0 amide bonds. The third kappa shape index (κ3) is 15.5. The second kappa shape index (κ2) is 13.5. The average Bonchev–Trinajstić information content (AvgIpc) is 2.36. The molecule has 0 N–H and O–H groups in total. The Morgan fingerprint density at radius 1 is 0.750 bits per heavy atom. The minimum absolute atomic E-state index is 0.0115. The van der Waals surface area contributed by atoms with Crippen LogP contribution in [0, 0.1) is 11.8 Å². The van der Waals surface area contributed by atoms with E-state index in [1.165, 1.54) is 38.5 Å². The third-order valence-corrected chi connectivity index (χ3v) is 3.60. The fraction of sp³-hybridized carbons (Fsp3) is 0.944. The lowest BCUT2D eigenvalue weighted by atomic mass is 10.0. The number of rotatable bonds is 13. The fourth-order valence-electron chi connectivity index (χ4n) is 2.27. The SMILES string of the molecule is CC(C)CCCCCCCCOC(=O)CCCC(C)C. The van der Waals surface area contributed by atoms with Crippen molar-refractivity contribution < 1.29 is 9.53 Å². The first-order chi connectivity index (χ1) is 9.52. The zero-order valence-corrected chi connectivity index (χ0v) is 14.2. The maximum absolute atomic E-state index is 11.4. The third-order valence-electron chi connectivity index (χ3n) is 3.60. The summed E-state index contributed by atoms with van der Waals surface area (Å²) in [6, 6.07) is 0. The Bertz CT molecular complexity index is 221. The largest absolute Gasteiger partial charge is 0.466 e. The molecule has 0 radical (unpaired) electrons. The number of hydrogen-bond donors (Lipinski definition) is 0. The number of ether oxygens (including phenoxy) is 1. The summed E-state index contributed by atoms with van der Waals surface area (Å²) in [4.78, 5) is 11.4. The molecule has 0 aromatic carbocycles. The van der Waals surface area contributed by atoms with Gasteiger partial charge in [0.2, 0.25) is 0 Å². The highest BCUT2D eigenvalue weighted by molar-refractivity contribution is 5.69. The number of carbonyl (C=O) groups excluding carboxylic acids is 1. The number of unbranched alkanes of at least 4 members (excludes halogenated alkanes) is 5. The van der Waals surface area contributed by atoms with Crippen LogP contribution in [0.15, 0.2) is 0 Å². The Hall–Kier alpha value is -0.530. The molecule has 120 valence electrons. The molecule has 0 aliphatic rings. The van der Waals surface area contributed by atoms with E-state index < -0.39 is 0 Å². The van der Waals surface area contributed by atoms with Gasteiger partial charge >= 0.3 is 5.97 Å². The first kappa shape index (κ1) is 19.5. The zero-order valence-electron chi connectivity index (χ0n) is 14.2. The van der Waals surface area contributed by atoms with Gasteiger partial charge in [-0.25, -0.2) is 0 Å². The van der Waals surface area contributed by atoms with E-state index in [4.69, 9.17) is 4.74 Å². The van der Waals surface area contributed by atoms with Gasteiger partial charge in [0.05, 0.1) is 6.61 Å². The normalized spacial score (nSPS) is 11.3. The Morgan fingerprint density at radius 3 is 1.85 bits per heavy atom. The molecule has 2 nitrogen and oxygen atoms in total. The van der Waals surface area contributed by atoms with E-state index in [2.05, 4.69) is 27.7 Å². The highest BCUT2D eigenvalue weighted by Gasteiger charge is 2.03. The molecule has 0 rings (SSSR count). The van der Waals surface area contributed by atoms with E-state index in [-0.39, 0.29) is 5.97 Å². The van der Waals surface area contributed by atoms with E-state index in [9.17, 15) is 4.79 Å². The van der Waals surface area contributed by atoms with Crippen LogP contribution >= 0.6 is 0 Å². The van der Waals surface area contributed by atoms with Gasteiger partial charge in [0.25, 0.3) is 0 Å². The van der Waals surface area contributed by atoms with Gasteiger partial charge < -0.3 is 4.74 Å². The predicted molar refractivity (Wildman–Crippen MR) is 86.8 cm³/mol. The summed E-state index contributed by atoms with van der Waals surface area (Å²) in [5.74, 6) is 1.51. The maximum atomic E-state index is 11.4. The second-order valence-electron chi connectivity index (χ2n) is 6.81. The lowest BCUT2D eigenvalue weighted by molar-refractivity contribution is -0.143. The van der Waals surface area contributed by atoms with Crippen molar-refractivity contribution in [3.05, 3.63) is 0 Å².